The van der Waals surface area contributed by atoms with Crippen molar-refractivity contribution in [2.24, 2.45) is 5.73 Å². The van der Waals surface area contributed by atoms with Crippen molar-refractivity contribution >= 4 is 17.3 Å². The number of nitro groups is 1. The molecule has 0 aliphatic heterocycles. The lowest BCUT2D eigenvalue weighted by atomic mass is 9.75. The maximum absolute atomic E-state index is 13.2. The van der Waals surface area contributed by atoms with Gasteiger partial charge in [-0.05, 0) is 25.3 Å². The van der Waals surface area contributed by atoms with E-state index in [1.54, 1.807) is 0 Å². The lowest BCUT2D eigenvalue weighted by molar-refractivity contribution is -0.385. The van der Waals surface area contributed by atoms with Gasteiger partial charge >= 0.3 is 0 Å². The van der Waals surface area contributed by atoms with E-state index in [1.807, 2.05) is 0 Å². The van der Waals surface area contributed by atoms with Crippen LogP contribution in [0.4, 0.5) is 15.8 Å². The Bertz CT molecular complexity index is 529. The number of benzene rings is 1. The molecule has 102 valence electrons. The molecular formula is C12H14FN3O3. The minimum Gasteiger partial charge on any atom is -0.326 e. The van der Waals surface area contributed by atoms with E-state index < -0.39 is 22.0 Å². The third-order valence-corrected chi connectivity index (χ3v) is 3.24. The first-order chi connectivity index (χ1) is 8.88. The van der Waals surface area contributed by atoms with Crippen LogP contribution in [0.1, 0.15) is 25.7 Å². The topological polar surface area (TPSA) is 98.3 Å². The van der Waals surface area contributed by atoms with Gasteiger partial charge in [0.15, 0.2) is 0 Å². The molecule has 1 aromatic carbocycles. The van der Waals surface area contributed by atoms with Crippen molar-refractivity contribution in [3.8, 4) is 0 Å². The molecule has 1 aliphatic carbocycles. The number of non-ortho nitro benzene ring substituents is 1. The summed E-state index contributed by atoms with van der Waals surface area (Å²) in [6, 6.07) is 2.95. The Morgan fingerprint density at radius 2 is 2.16 bits per heavy atom. The number of hydrogen-bond donors (Lipinski definition) is 2. The van der Waals surface area contributed by atoms with E-state index in [0.29, 0.717) is 0 Å². The molecule has 0 radical (unpaired) electrons. The van der Waals surface area contributed by atoms with E-state index in [2.05, 4.69) is 5.32 Å². The van der Waals surface area contributed by atoms with Gasteiger partial charge in [-0.3, -0.25) is 14.9 Å². The Balaban J connectivity index is 2.06. The molecule has 2 rings (SSSR count). The number of nitrogens with two attached hydrogens (primary N) is 1. The van der Waals surface area contributed by atoms with Gasteiger partial charge in [-0.1, -0.05) is 0 Å². The summed E-state index contributed by atoms with van der Waals surface area (Å²) in [5, 5.41) is 13.0. The summed E-state index contributed by atoms with van der Waals surface area (Å²) in [5.41, 5.74) is 5.11. The van der Waals surface area contributed by atoms with Crippen molar-refractivity contribution in [2.75, 3.05) is 5.32 Å². The van der Waals surface area contributed by atoms with Crippen LogP contribution in [0.3, 0.4) is 0 Å². The Hall–Kier alpha value is -2.02. The van der Waals surface area contributed by atoms with Crippen molar-refractivity contribution < 1.29 is 14.1 Å². The lowest BCUT2D eigenvalue weighted by Gasteiger charge is -2.37. The van der Waals surface area contributed by atoms with Gasteiger partial charge in [-0.2, -0.15) is 0 Å². The standard InChI is InChI=1S/C12H14FN3O3/c13-8-4-9(6-10(5-8)16(18)19)15-11(17)7-12(14)2-1-3-12/h4-6H,1-3,7,14H2,(H,15,17). The number of carbonyl (C=O) groups is 1. The van der Waals surface area contributed by atoms with E-state index in [4.69, 9.17) is 5.73 Å². The smallest absolute Gasteiger partial charge is 0.274 e. The van der Waals surface area contributed by atoms with Crippen molar-refractivity contribution in [2.45, 2.75) is 31.2 Å². The van der Waals surface area contributed by atoms with Crippen LogP contribution >= 0.6 is 0 Å². The summed E-state index contributed by atoms with van der Waals surface area (Å²) in [6.45, 7) is 0. The highest BCUT2D eigenvalue weighted by atomic mass is 19.1. The van der Waals surface area contributed by atoms with Gasteiger partial charge in [0, 0.05) is 18.0 Å². The third-order valence-electron chi connectivity index (χ3n) is 3.24. The number of anilines is 1. The number of rotatable bonds is 4. The number of nitro benzene ring substituents is 1. The predicted octanol–water partition coefficient (Wildman–Crippen LogP) is 1.94. The molecule has 0 spiro atoms. The first-order valence-corrected chi connectivity index (χ1v) is 5.92. The summed E-state index contributed by atoms with van der Waals surface area (Å²) < 4.78 is 13.2. The molecular weight excluding hydrogens is 253 g/mol. The summed E-state index contributed by atoms with van der Waals surface area (Å²) in [5.74, 6) is -1.13. The van der Waals surface area contributed by atoms with Crippen LogP contribution in [0.15, 0.2) is 18.2 Å². The molecule has 3 N–H and O–H groups in total. The van der Waals surface area contributed by atoms with Gasteiger partial charge in [-0.25, -0.2) is 4.39 Å². The molecule has 1 aliphatic rings. The number of amides is 1. The Morgan fingerprint density at radius 3 is 2.68 bits per heavy atom. The first kappa shape index (κ1) is 13.4. The number of nitrogens with zero attached hydrogens (tertiary/aromatic N) is 1. The van der Waals surface area contributed by atoms with Crippen LogP contribution in [-0.4, -0.2) is 16.4 Å². The largest absolute Gasteiger partial charge is 0.326 e. The lowest BCUT2D eigenvalue weighted by Crippen LogP contribution is -2.48. The van der Waals surface area contributed by atoms with Crippen LogP contribution in [0, 0.1) is 15.9 Å². The number of hydrogen-bond acceptors (Lipinski definition) is 4. The van der Waals surface area contributed by atoms with E-state index in [9.17, 15) is 19.3 Å². The van der Waals surface area contributed by atoms with Gasteiger partial charge < -0.3 is 11.1 Å². The summed E-state index contributed by atoms with van der Waals surface area (Å²) in [4.78, 5) is 21.6. The van der Waals surface area contributed by atoms with Crippen LogP contribution in [-0.2, 0) is 4.79 Å². The van der Waals surface area contributed by atoms with Crippen molar-refractivity contribution in [3.63, 3.8) is 0 Å². The second-order valence-corrected chi connectivity index (χ2v) is 4.90. The van der Waals surface area contributed by atoms with Gasteiger partial charge in [-0.15, -0.1) is 0 Å². The zero-order chi connectivity index (χ0) is 14.0. The Morgan fingerprint density at radius 1 is 1.47 bits per heavy atom. The SMILES string of the molecule is NC1(CC(=O)Nc2cc(F)cc([N+](=O)[O-])c2)CCC1. The molecule has 1 amide bonds. The fourth-order valence-corrected chi connectivity index (χ4v) is 2.08. The highest BCUT2D eigenvalue weighted by molar-refractivity contribution is 5.91. The van der Waals surface area contributed by atoms with Gasteiger partial charge in [0.05, 0.1) is 16.7 Å². The van der Waals surface area contributed by atoms with Crippen molar-refractivity contribution in [3.05, 3.63) is 34.1 Å². The van der Waals surface area contributed by atoms with Crippen LogP contribution < -0.4 is 11.1 Å². The monoisotopic (exact) mass is 267 g/mol. The molecule has 0 unspecified atom stereocenters. The molecule has 1 fully saturated rings. The fourth-order valence-electron chi connectivity index (χ4n) is 2.08. The molecule has 1 saturated carbocycles. The molecule has 7 heteroatoms. The average Bonchev–Trinajstić information content (AvgIpc) is 2.25. The minimum atomic E-state index is -0.768. The van der Waals surface area contributed by atoms with Gasteiger partial charge in [0.1, 0.15) is 5.82 Å². The molecule has 0 saturated heterocycles. The van der Waals surface area contributed by atoms with E-state index >= 15 is 0 Å². The summed E-state index contributed by atoms with van der Waals surface area (Å²) >= 11 is 0. The third kappa shape index (κ3) is 3.25. The number of nitrogens with one attached hydrogen (secondary N) is 1. The number of halogens is 1. The van der Waals surface area contributed by atoms with E-state index in [1.165, 1.54) is 0 Å². The highest BCUT2D eigenvalue weighted by Gasteiger charge is 2.34. The molecule has 0 heterocycles. The molecule has 6 nitrogen and oxygen atoms in total. The van der Waals surface area contributed by atoms with Crippen molar-refractivity contribution in [1.82, 2.24) is 0 Å². The van der Waals surface area contributed by atoms with Crippen LogP contribution in [0.5, 0.6) is 0 Å². The molecule has 19 heavy (non-hydrogen) atoms. The maximum atomic E-state index is 13.2. The van der Waals surface area contributed by atoms with Gasteiger partial charge in [0.2, 0.25) is 5.91 Å². The predicted molar refractivity (Wildman–Crippen MR) is 67.1 cm³/mol. The second-order valence-electron chi connectivity index (χ2n) is 4.90. The average molecular weight is 267 g/mol. The highest BCUT2D eigenvalue weighted by Crippen LogP contribution is 2.32. The minimum absolute atomic E-state index is 0.0691. The number of carbonyl (C=O) groups excluding carboxylic acids is 1. The normalized spacial score (nSPS) is 16.5. The fraction of sp³-hybridized carbons (Fsp3) is 0.417. The zero-order valence-electron chi connectivity index (χ0n) is 10.2. The van der Waals surface area contributed by atoms with Crippen molar-refractivity contribution in [1.29, 1.82) is 0 Å². The first-order valence-electron chi connectivity index (χ1n) is 5.92. The molecule has 0 bridgehead atoms. The second kappa shape index (κ2) is 4.93. The quantitative estimate of drug-likeness (QED) is 0.643. The molecule has 0 aromatic heterocycles. The molecule has 1 aromatic rings. The zero-order valence-corrected chi connectivity index (χ0v) is 10.2. The Kier molecular flexibility index (Phi) is 3.48. The van der Waals surface area contributed by atoms with E-state index in [-0.39, 0.29) is 18.0 Å². The summed E-state index contributed by atoms with van der Waals surface area (Å²) in [7, 11) is 0. The molecule has 0 atom stereocenters. The maximum Gasteiger partial charge on any atom is 0.274 e. The van der Waals surface area contributed by atoms with Gasteiger partial charge in [0.25, 0.3) is 5.69 Å². The Labute approximate surface area is 108 Å². The van der Waals surface area contributed by atoms with E-state index in [0.717, 1.165) is 37.5 Å². The summed E-state index contributed by atoms with van der Waals surface area (Å²) in [6.07, 6.45) is 2.69. The van der Waals surface area contributed by atoms with Crippen LogP contribution in [0.2, 0.25) is 0 Å². The van der Waals surface area contributed by atoms with Crippen LogP contribution in [0.25, 0.3) is 0 Å².